The molecule has 0 aliphatic rings. The van der Waals surface area contributed by atoms with Crippen molar-refractivity contribution < 1.29 is 24.2 Å². The first-order chi connectivity index (χ1) is 11.0. The van der Waals surface area contributed by atoms with E-state index in [2.05, 4.69) is 5.32 Å². The number of rotatable bonds is 10. The van der Waals surface area contributed by atoms with E-state index in [1.54, 1.807) is 0 Å². The average Bonchev–Trinajstić information content (AvgIpc) is 2.51. The molecule has 1 rings (SSSR count). The standard InChI is InChI=1S/C17H25NO5/c1-13(2)22-12-15(10-16(19)20)8-9-18-17(21)23-11-14-6-4-3-5-7-14/h3-7,13,15H,8-12H2,1-2H3,(H,18,21)(H,19,20)/t15-/m0/s1. The highest BCUT2D eigenvalue weighted by atomic mass is 16.5. The van der Waals surface area contributed by atoms with E-state index in [1.807, 2.05) is 44.2 Å². The number of aliphatic carboxylic acids is 1. The first-order valence-corrected chi connectivity index (χ1v) is 7.75. The maximum atomic E-state index is 11.6. The summed E-state index contributed by atoms with van der Waals surface area (Å²) in [5.74, 6) is -1.00. The molecule has 0 radical (unpaired) electrons. The third kappa shape index (κ3) is 9.52. The Morgan fingerprint density at radius 3 is 2.52 bits per heavy atom. The Hall–Kier alpha value is -2.08. The van der Waals surface area contributed by atoms with E-state index in [-0.39, 0.29) is 25.0 Å². The predicted octanol–water partition coefficient (Wildman–Crippen LogP) is 2.82. The van der Waals surface area contributed by atoms with Crippen LogP contribution in [0, 0.1) is 5.92 Å². The third-order valence-electron chi connectivity index (χ3n) is 3.16. The summed E-state index contributed by atoms with van der Waals surface area (Å²) in [6.07, 6.45) is 0.0928. The predicted molar refractivity (Wildman–Crippen MR) is 86.1 cm³/mol. The summed E-state index contributed by atoms with van der Waals surface area (Å²) in [6.45, 7) is 4.73. The first kappa shape index (κ1) is 19.0. The maximum Gasteiger partial charge on any atom is 0.407 e. The lowest BCUT2D eigenvalue weighted by Crippen LogP contribution is -2.28. The Kier molecular flexibility index (Phi) is 8.75. The van der Waals surface area contributed by atoms with Gasteiger partial charge in [-0.25, -0.2) is 4.79 Å². The van der Waals surface area contributed by atoms with Crippen molar-refractivity contribution in [2.75, 3.05) is 13.2 Å². The van der Waals surface area contributed by atoms with Gasteiger partial charge in [0.1, 0.15) is 6.61 Å². The molecule has 1 aromatic carbocycles. The van der Waals surface area contributed by atoms with Gasteiger partial charge in [-0.15, -0.1) is 0 Å². The van der Waals surface area contributed by atoms with Crippen LogP contribution in [0.15, 0.2) is 30.3 Å². The summed E-state index contributed by atoms with van der Waals surface area (Å²) < 4.78 is 10.6. The normalized spacial score (nSPS) is 12.0. The molecule has 0 unspecified atom stereocenters. The molecule has 0 fully saturated rings. The molecule has 2 N–H and O–H groups in total. The molecule has 6 heteroatoms. The quantitative estimate of drug-likeness (QED) is 0.691. The van der Waals surface area contributed by atoms with Gasteiger partial charge in [0.2, 0.25) is 0 Å². The molecule has 0 heterocycles. The summed E-state index contributed by atoms with van der Waals surface area (Å²) in [4.78, 5) is 22.4. The van der Waals surface area contributed by atoms with Gasteiger partial charge in [0.05, 0.1) is 19.1 Å². The van der Waals surface area contributed by atoms with Crippen molar-refractivity contribution >= 4 is 12.1 Å². The van der Waals surface area contributed by atoms with Crippen molar-refractivity contribution in [3.63, 3.8) is 0 Å². The molecule has 0 aromatic heterocycles. The number of amides is 1. The van der Waals surface area contributed by atoms with Crippen LogP contribution in [0.4, 0.5) is 4.79 Å². The molecule has 0 aliphatic heterocycles. The van der Waals surface area contributed by atoms with Crippen LogP contribution in [0.3, 0.4) is 0 Å². The number of benzene rings is 1. The van der Waals surface area contributed by atoms with Crippen molar-refractivity contribution in [1.29, 1.82) is 0 Å². The Bertz CT molecular complexity index is 475. The van der Waals surface area contributed by atoms with E-state index in [1.165, 1.54) is 0 Å². The van der Waals surface area contributed by atoms with Crippen LogP contribution in [0.25, 0.3) is 0 Å². The van der Waals surface area contributed by atoms with Gasteiger partial charge in [-0.1, -0.05) is 30.3 Å². The second-order valence-electron chi connectivity index (χ2n) is 5.62. The van der Waals surface area contributed by atoms with Gasteiger partial charge in [0.25, 0.3) is 0 Å². The fraction of sp³-hybridized carbons (Fsp3) is 0.529. The fourth-order valence-electron chi connectivity index (χ4n) is 1.97. The molecule has 1 atom stereocenters. The Morgan fingerprint density at radius 1 is 1.22 bits per heavy atom. The van der Waals surface area contributed by atoms with E-state index in [4.69, 9.17) is 14.6 Å². The van der Waals surface area contributed by atoms with Gasteiger partial charge in [-0.2, -0.15) is 0 Å². The summed E-state index contributed by atoms with van der Waals surface area (Å²) >= 11 is 0. The minimum absolute atomic E-state index is 0.0213. The second-order valence-corrected chi connectivity index (χ2v) is 5.62. The molecule has 128 valence electrons. The molecular formula is C17H25NO5. The van der Waals surface area contributed by atoms with Crippen molar-refractivity contribution in [3.8, 4) is 0 Å². The van der Waals surface area contributed by atoms with E-state index in [9.17, 15) is 9.59 Å². The van der Waals surface area contributed by atoms with Crippen molar-refractivity contribution in [1.82, 2.24) is 5.32 Å². The Labute approximate surface area is 136 Å². The van der Waals surface area contributed by atoms with Crippen LogP contribution in [-0.4, -0.2) is 36.4 Å². The summed E-state index contributed by atoms with van der Waals surface area (Å²) in [7, 11) is 0. The lowest BCUT2D eigenvalue weighted by atomic mass is 10.0. The topological polar surface area (TPSA) is 84.9 Å². The SMILES string of the molecule is CC(C)OC[C@@H](CCNC(=O)OCc1ccccc1)CC(=O)O. The van der Waals surface area contributed by atoms with Crippen LogP contribution in [0.1, 0.15) is 32.3 Å². The number of carboxylic acid groups (broad SMARTS) is 1. The molecule has 1 aromatic rings. The summed E-state index contributed by atoms with van der Waals surface area (Å²) in [6, 6.07) is 9.40. The number of alkyl carbamates (subject to hydrolysis) is 1. The zero-order valence-electron chi connectivity index (χ0n) is 13.7. The number of nitrogens with one attached hydrogen (secondary N) is 1. The van der Waals surface area contributed by atoms with Crippen LogP contribution in [0.5, 0.6) is 0 Å². The molecule has 0 bridgehead atoms. The van der Waals surface area contributed by atoms with E-state index >= 15 is 0 Å². The smallest absolute Gasteiger partial charge is 0.407 e. The van der Waals surface area contributed by atoms with Crippen LogP contribution >= 0.6 is 0 Å². The van der Waals surface area contributed by atoms with Gasteiger partial charge in [0, 0.05) is 6.54 Å². The van der Waals surface area contributed by atoms with Gasteiger partial charge >= 0.3 is 12.1 Å². The largest absolute Gasteiger partial charge is 0.481 e. The number of hydrogen-bond donors (Lipinski definition) is 2. The Balaban J connectivity index is 2.25. The molecule has 0 spiro atoms. The molecule has 6 nitrogen and oxygen atoms in total. The highest BCUT2D eigenvalue weighted by Crippen LogP contribution is 2.10. The zero-order chi connectivity index (χ0) is 17.1. The average molecular weight is 323 g/mol. The van der Waals surface area contributed by atoms with E-state index in [0.717, 1.165) is 5.56 Å². The number of carbonyl (C=O) groups is 2. The highest BCUT2D eigenvalue weighted by molar-refractivity contribution is 5.67. The van der Waals surface area contributed by atoms with E-state index in [0.29, 0.717) is 19.6 Å². The number of hydrogen-bond acceptors (Lipinski definition) is 4. The van der Waals surface area contributed by atoms with E-state index < -0.39 is 12.1 Å². The van der Waals surface area contributed by atoms with Gasteiger partial charge in [-0.05, 0) is 31.7 Å². The lowest BCUT2D eigenvalue weighted by Gasteiger charge is -2.17. The fourth-order valence-corrected chi connectivity index (χ4v) is 1.97. The molecule has 0 saturated heterocycles. The monoisotopic (exact) mass is 323 g/mol. The zero-order valence-corrected chi connectivity index (χ0v) is 13.7. The number of carboxylic acids is 1. The van der Waals surface area contributed by atoms with Crippen LogP contribution in [-0.2, 0) is 20.9 Å². The number of ether oxygens (including phenoxy) is 2. The molecular weight excluding hydrogens is 298 g/mol. The molecule has 0 aliphatic carbocycles. The van der Waals surface area contributed by atoms with Crippen molar-refractivity contribution in [3.05, 3.63) is 35.9 Å². The number of carbonyl (C=O) groups excluding carboxylic acids is 1. The van der Waals surface area contributed by atoms with Gasteiger partial charge in [-0.3, -0.25) is 4.79 Å². The summed E-state index contributed by atoms with van der Waals surface area (Å²) in [5.41, 5.74) is 0.914. The van der Waals surface area contributed by atoms with Crippen LogP contribution in [0.2, 0.25) is 0 Å². The highest BCUT2D eigenvalue weighted by Gasteiger charge is 2.15. The van der Waals surface area contributed by atoms with Gasteiger partial charge in [0.15, 0.2) is 0 Å². The summed E-state index contributed by atoms with van der Waals surface area (Å²) in [5, 5.41) is 11.5. The third-order valence-corrected chi connectivity index (χ3v) is 3.16. The lowest BCUT2D eigenvalue weighted by molar-refractivity contribution is -0.138. The first-order valence-electron chi connectivity index (χ1n) is 7.75. The van der Waals surface area contributed by atoms with Crippen molar-refractivity contribution in [2.24, 2.45) is 5.92 Å². The molecule has 1 amide bonds. The molecule has 0 saturated carbocycles. The van der Waals surface area contributed by atoms with Gasteiger partial charge < -0.3 is 19.9 Å². The van der Waals surface area contributed by atoms with Crippen molar-refractivity contribution in [2.45, 2.75) is 39.4 Å². The second kappa shape index (κ2) is 10.6. The van der Waals surface area contributed by atoms with Crippen LogP contribution < -0.4 is 5.32 Å². The minimum atomic E-state index is -0.867. The maximum absolute atomic E-state index is 11.6. The minimum Gasteiger partial charge on any atom is -0.481 e. The Morgan fingerprint density at radius 2 is 1.91 bits per heavy atom. The molecule has 23 heavy (non-hydrogen) atoms.